The first-order valence-corrected chi connectivity index (χ1v) is 12.6. The van der Waals surface area contributed by atoms with Gasteiger partial charge < -0.3 is 11.1 Å². The molecule has 3 N–H and O–H groups in total. The minimum absolute atomic E-state index is 0.552. The molecule has 0 spiro atoms. The molecule has 2 atom stereocenters. The SMILES string of the molecule is C=C(C)/C=C\c1cn(Cc2ccccc2)nc1C.CC1CCC(c2ccc3c(N)ncnn23)CCN1. The molecular weight excluding hydrogens is 446 g/mol. The third-order valence-corrected chi connectivity index (χ3v) is 6.58. The molecule has 4 aromatic rings. The number of rotatable bonds is 5. The Kier molecular flexibility index (Phi) is 8.33. The first kappa shape index (κ1) is 25.4. The number of allylic oxidation sites excluding steroid dienone is 2. The van der Waals surface area contributed by atoms with Crippen LogP contribution in [0.4, 0.5) is 5.82 Å². The summed E-state index contributed by atoms with van der Waals surface area (Å²) in [5.74, 6) is 1.11. The first-order chi connectivity index (χ1) is 17.4. The van der Waals surface area contributed by atoms with E-state index in [4.69, 9.17) is 5.73 Å². The molecule has 1 fully saturated rings. The number of hydrogen-bond acceptors (Lipinski definition) is 5. The van der Waals surface area contributed by atoms with Crippen molar-refractivity contribution in [2.75, 3.05) is 12.3 Å². The van der Waals surface area contributed by atoms with Gasteiger partial charge in [-0.25, -0.2) is 9.50 Å². The number of benzene rings is 1. The minimum atomic E-state index is 0.552. The minimum Gasteiger partial charge on any atom is -0.382 e. The van der Waals surface area contributed by atoms with Crippen LogP contribution in [-0.4, -0.2) is 37.0 Å². The smallest absolute Gasteiger partial charge is 0.151 e. The van der Waals surface area contributed by atoms with Gasteiger partial charge in [0, 0.05) is 29.4 Å². The van der Waals surface area contributed by atoms with Crippen LogP contribution in [0.3, 0.4) is 0 Å². The van der Waals surface area contributed by atoms with Gasteiger partial charge in [-0.2, -0.15) is 10.2 Å². The van der Waals surface area contributed by atoms with Crippen LogP contribution in [0.25, 0.3) is 11.6 Å². The normalized spacial score (nSPS) is 18.1. The van der Waals surface area contributed by atoms with E-state index in [1.807, 2.05) is 53.4 Å². The molecule has 1 aliphatic rings. The van der Waals surface area contributed by atoms with E-state index in [9.17, 15) is 0 Å². The molecule has 0 aliphatic carbocycles. The summed E-state index contributed by atoms with van der Waals surface area (Å²) in [5.41, 5.74) is 12.5. The Balaban J connectivity index is 0.000000169. The molecule has 7 nitrogen and oxygen atoms in total. The second-order valence-electron chi connectivity index (χ2n) is 9.65. The Morgan fingerprint density at radius 1 is 1.17 bits per heavy atom. The molecule has 5 rings (SSSR count). The van der Waals surface area contributed by atoms with Gasteiger partial charge in [0.25, 0.3) is 0 Å². The Morgan fingerprint density at radius 2 is 1.97 bits per heavy atom. The summed E-state index contributed by atoms with van der Waals surface area (Å²) >= 11 is 0. The lowest BCUT2D eigenvalue weighted by atomic mass is 9.96. The van der Waals surface area contributed by atoms with E-state index in [-0.39, 0.29) is 0 Å². The van der Waals surface area contributed by atoms with Gasteiger partial charge in [-0.1, -0.05) is 54.6 Å². The molecule has 0 amide bonds. The van der Waals surface area contributed by atoms with Gasteiger partial charge in [0.2, 0.25) is 0 Å². The number of nitrogens with zero attached hydrogens (tertiary/aromatic N) is 5. The summed E-state index contributed by atoms with van der Waals surface area (Å²) < 4.78 is 3.92. The van der Waals surface area contributed by atoms with Gasteiger partial charge in [-0.05, 0) is 64.3 Å². The molecule has 188 valence electrons. The van der Waals surface area contributed by atoms with Crippen molar-refractivity contribution in [1.29, 1.82) is 0 Å². The van der Waals surface area contributed by atoms with Gasteiger partial charge >= 0.3 is 0 Å². The largest absolute Gasteiger partial charge is 0.382 e. The zero-order valence-electron chi connectivity index (χ0n) is 21.6. The Morgan fingerprint density at radius 3 is 2.75 bits per heavy atom. The highest BCUT2D eigenvalue weighted by molar-refractivity contribution is 5.65. The molecule has 0 saturated carbocycles. The summed E-state index contributed by atoms with van der Waals surface area (Å²) in [7, 11) is 0. The van der Waals surface area contributed by atoms with Crippen LogP contribution >= 0.6 is 0 Å². The monoisotopic (exact) mass is 483 g/mol. The predicted octanol–water partition coefficient (Wildman–Crippen LogP) is 5.39. The Hall–Kier alpha value is -3.71. The van der Waals surface area contributed by atoms with Gasteiger partial charge in [0.15, 0.2) is 5.82 Å². The van der Waals surface area contributed by atoms with Crippen LogP contribution in [0.1, 0.15) is 61.5 Å². The van der Waals surface area contributed by atoms with Crippen molar-refractivity contribution in [3.05, 3.63) is 95.7 Å². The standard InChI is InChI=1S/C16H18N2.C13H19N5/c1-13(2)9-10-16-12-18(17-14(16)3)11-15-7-5-4-6-8-15;1-9-2-3-10(6-7-15-9)11-4-5-12-13(14)16-8-17-18(11)12/h4-10,12H,1,11H2,2-3H3;4-5,8-10,15H,2-3,6-7H2,1H3,(H2,14,16,17)/b10-9-;. The van der Waals surface area contributed by atoms with Crippen LogP contribution in [0.15, 0.2) is 73.2 Å². The number of aryl methyl sites for hydroxylation is 1. The first-order valence-electron chi connectivity index (χ1n) is 12.6. The zero-order valence-corrected chi connectivity index (χ0v) is 21.6. The maximum atomic E-state index is 5.87. The average molecular weight is 484 g/mol. The lowest BCUT2D eigenvalue weighted by Gasteiger charge is -2.13. The molecule has 0 bridgehead atoms. The molecule has 36 heavy (non-hydrogen) atoms. The number of aromatic nitrogens is 5. The number of nitrogen functional groups attached to an aromatic ring is 1. The highest BCUT2D eigenvalue weighted by Crippen LogP contribution is 2.29. The molecule has 7 heteroatoms. The summed E-state index contributed by atoms with van der Waals surface area (Å²) in [4.78, 5) is 4.03. The molecular formula is C29H37N7. The second-order valence-corrected chi connectivity index (χ2v) is 9.65. The fourth-order valence-electron chi connectivity index (χ4n) is 4.56. The van der Waals surface area contributed by atoms with Crippen molar-refractivity contribution in [2.24, 2.45) is 0 Å². The van der Waals surface area contributed by atoms with E-state index in [2.05, 4.69) is 64.5 Å². The zero-order chi connectivity index (χ0) is 25.5. The molecule has 4 heterocycles. The summed E-state index contributed by atoms with van der Waals surface area (Å²) in [6.07, 6.45) is 11.2. The molecule has 1 aromatic carbocycles. The van der Waals surface area contributed by atoms with Crippen molar-refractivity contribution < 1.29 is 0 Å². The van der Waals surface area contributed by atoms with E-state index in [1.54, 1.807) is 0 Å². The fourth-order valence-corrected chi connectivity index (χ4v) is 4.56. The summed E-state index contributed by atoms with van der Waals surface area (Å²) in [5, 5.41) is 12.4. The van der Waals surface area contributed by atoms with E-state index < -0.39 is 0 Å². The highest BCUT2D eigenvalue weighted by atomic mass is 15.3. The van der Waals surface area contributed by atoms with Crippen LogP contribution in [0.2, 0.25) is 0 Å². The van der Waals surface area contributed by atoms with Crippen molar-refractivity contribution in [1.82, 2.24) is 29.7 Å². The van der Waals surface area contributed by atoms with Crippen LogP contribution in [0.5, 0.6) is 0 Å². The Labute approximate surface area is 213 Å². The summed E-state index contributed by atoms with van der Waals surface area (Å²) in [6.45, 7) is 12.0. The number of nitrogens with one attached hydrogen (secondary N) is 1. The van der Waals surface area contributed by atoms with E-state index in [0.717, 1.165) is 41.9 Å². The maximum Gasteiger partial charge on any atom is 0.151 e. The molecule has 2 unspecified atom stereocenters. The quantitative estimate of drug-likeness (QED) is 0.372. The lowest BCUT2D eigenvalue weighted by Crippen LogP contribution is -2.24. The van der Waals surface area contributed by atoms with Gasteiger partial charge in [-0.15, -0.1) is 0 Å². The summed E-state index contributed by atoms with van der Waals surface area (Å²) in [6, 6.07) is 15.1. The number of anilines is 1. The highest BCUT2D eigenvalue weighted by Gasteiger charge is 2.20. The molecule has 3 aromatic heterocycles. The molecule has 1 aliphatic heterocycles. The third-order valence-electron chi connectivity index (χ3n) is 6.58. The van der Waals surface area contributed by atoms with Crippen LogP contribution < -0.4 is 11.1 Å². The number of hydrogen-bond donors (Lipinski definition) is 2. The van der Waals surface area contributed by atoms with Crippen molar-refractivity contribution in [3.63, 3.8) is 0 Å². The molecule has 1 saturated heterocycles. The van der Waals surface area contributed by atoms with Crippen LogP contribution in [0, 0.1) is 6.92 Å². The van der Waals surface area contributed by atoms with Crippen molar-refractivity contribution in [2.45, 2.75) is 58.5 Å². The van der Waals surface area contributed by atoms with E-state index in [1.165, 1.54) is 30.4 Å². The van der Waals surface area contributed by atoms with E-state index in [0.29, 0.717) is 17.8 Å². The average Bonchev–Trinajstić information content (AvgIpc) is 3.37. The van der Waals surface area contributed by atoms with Crippen molar-refractivity contribution >= 4 is 17.4 Å². The van der Waals surface area contributed by atoms with Gasteiger partial charge in [0.1, 0.15) is 11.8 Å². The topological polar surface area (TPSA) is 86.1 Å². The van der Waals surface area contributed by atoms with Crippen molar-refractivity contribution in [3.8, 4) is 0 Å². The van der Waals surface area contributed by atoms with E-state index >= 15 is 0 Å². The predicted molar refractivity (Wildman–Crippen MR) is 148 cm³/mol. The molecule has 0 radical (unpaired) electrons. The van der Waals surface area contributed by atoms with Gasteiger partial charge in [0.05, 0.1) is 12.2 Å². The second kappa shape index (κ2) is 11.8. The Bertz CT molecular complexity index is 1320. The van der Waals surface area contributed by atoms with Crippen LogP contribution in [-0.2, 0) is 6.54 Å². The lowest BCUT2D eigenvalue weighted by molar-refractivity contribution is 0.542. The third kappa shape index (κ3) is 6.49. The maximum absolute atomic E-state index is 5.87. The fraction of sp³-hybridized carbons (Fsp3) is 0.345. The van der Waals surface area contributed by atoms with Gasteiger partial charge in [-0.3, -0.25) is 4.68 Å². The number of nitrogens with two attached hydrogens (primary N) is 1. The number of fused-ring (bicyclic) bond motifs is 1.